The molecule has 0 saturated carbocycles. The lowest BCUT2D eigenvalue weighted by Gasteiger charge is -2.02. The van der Waals surface area contributed by atoms with Gasteiger partial charge in [-0.3, -0.25) is 4.99 Å². The van der Waals surface area contributed by atoms with Crippen LogP contribution in [0, 0.1) is 0 Å². The Morgan fingerprint density at radius 3 is 3.00 bits per heavy atom. The number of allylic oxidation sites excluding steroid dienone is 2. The van der Waals surface area contributed by atoms with Crippen LogP contribution in [0.25, 0.3) is 4.91 Å². The third-order valence-corrected chi connectivity index (χ3v) is 2.67. The monoisotopic (exact) mass is 190 g/mol. The second-order valence-electron chi connectivity index (χ2n) is 2.64. The van der Waals surface area contributed by atoms with E-state index in [0.717, 1.165) is 11.4 Å². The average molecular weight is 190 g/mol. The second-order valence-corrected chi connectivity index (χ2v) is 3.46. The normalized spacial score (nSPS) is 18.2. The number of aromatic nitrogens is 1. The fourth-order valence-electron chi connectivity index (χ4n) is 1.26. The summed E-state index contributed by atoms with van der Waals surface area (Å²) >= 11 is 1.71. The van der Waals surface area contributed by atoms with Crippen molar-refractivity contribution >= 4 is 22.9 Å². The summed E-state index contributed by atoms with van der Waals surface area (Å²) in [5.74, 6) is 0. The van der Waals surface area contributed by atoms with Crippen LogP contribution in [0.2, 0.25) is 0 Å². The summed E-state index contributed by atoms with van der Waals surface area (Å²) in [6.07, 6.45) is 9.77. The molecule has 1 aromatic heterocycles. The van der Waals surface area contributed by atoms with Gasteiger partial charge in [0.15, 0.2) is 0 Å². The lowest BCUT2D eigenvalue weighted by atomic mass is 10.3. The van der Waals surface area contributed by atoms with Gasteiger partial charge >= 0.3 is 0 Å². The number of H-pyrrole nitrogens is 1. The summed E-state index contributed by atoms with van der Waals surface area (Å²) in [5.41, 5.74) is 2.17. The predicted octanol–water partition coefficient (Wildman–Crippen LogP) is 2.69. The Morgan fingerprint density at radius 2 is 2.46 bits per heavy atom. The Morgan fingerprint density at radius 1 is 1.54 bits per heavy atom. The van der Waals surface area contributed by atoms with Crippen LogP contribution in [-0.2, 0) is 0 Å². The average Bonchev–Trinajstić information content (AvgIpc) is 2.76. The van der Waals surface area contributed by atoms with Crippen molar-refractivity contribution in [3.63, 3.8) is 0 Å². The van der Waals surface area contributed by atoms with Crippen LogP contribution in [0.15, 0.2) is 41.2 Å². The molecular formula is C10H10N2S. The van der Waals surface area contributed by atoms with E-state index in [9.17, 15) is 0 Å². The molecule has 2 nitrogen and oxygen atoms in total. The van der Waals surface area contributed by atoms with Crippen molar-refractivity contribution in [3.05, 3.63) is 41.9 Å². The van der Waals surface area contributed by atoms with Crippen LogP contribution in [0.5, 0.6) is 0 Å². The first-order valence-corrected chi connectivity index (χ1v) is 5.27. The van der Waals surface area contributed by atoms with Gasteiger partial charge in [0.1, 0.15) is 0 Å². The molecule has 0 bridgehead atoms. The molecule has 0 radical (unpaired) electrons. The van der Waals surface area contributed by atoms with Crippen LogP contribution in [0.1, 0.15) is 5.69 Å². The number of hydrogen-bond donors (Lipinski definition) is 1. The standard InChI is InChI=1S/C10H10N2S/c1-13-10(8-4-2-6-11-8)9-5-3-7-12-9/h2-7,11H,1H3. The van der Waals surface area contributed by atoms with E-state index in [-0.39, 0.29) is 0 Å². The molecule has 13 heavy (non-hydrogen) atoms. The van der Waals surface area contributed by atoms with Crippen LogP contribution in [0.4, 0.5) is 0 Å². The number of thioether (sulfide) groups is 1. The number of rotatable bonds is 2. The molecule has 0 unspecified atom stereocenters. The summed E-state index contributed by atoms with van der Waals surface area (Å²) in [6.45, 7) is 0. The Kier molecular flexibility index (Phi) is 2.36. The van der Waals surface area contributed by atoms with E-state index < -0.39 is 0 Å². The predicted molar refractivity (Wildman–Crippen MR) is 58.9 cm³/mol. The van der Waals surface area contributed by atoms with E-state index >= 15 is 0 Å². The zero-order chi connectivity index (χ0) is 9.10. The van der Waals surface area contributed by atoms with E-state index in [0.29, 0.717) is 0 Å². The Hall–Kier alpha value is -1.22. The van der Waals surface area contributed by atoms with E-state index in [1.54, 1.807) is 11.8 Å². The Balaban J connectivity index is 2.44. The van der Waals surface area contributed by atoms with Crippen molar-refractivity contribution in [1.29, 1.82) is 0 Å². The zero-order valence-corrected chi connectivity index (χ0v) is 8.14. The minimum absolute atomic E-state index is 1.04. The number of nitrogens with zero attached hydrogens (tertiary/aromatic N) is 1. The second kappa shape index (κ2) is 3.66. The maximum absolute atomic E-state index is 4.27. The van der Waals surface area contributed by atoms with Crippen molar-refractivity contribution in [3.8, 4) is 0 Å². The zero-order valence-electron chi connectivity index (χ0n) is 7.32. The lowest BCUT2D eigenvalue weighted by molar-refractivity contribution is 1.35. The summed E-state index contributed by atoms with van der Waals surface area (Å²) in [4.78, 5) is 8.63. The lowest BCUT2D eigenvalue weighted by Crippen LogP contribution is -1.82. The molecule has 1 N–H and O–H groups in total. The Bertz CT molecular complexity index is 358. The van der Waals surface area contributed by atoms with Gasteiger partial charge in [-0.1, -0.05) is 0 Å². The number of nitrogens with one attached hydrogen (secondary N) is 1. The largest absolute Gasteiger partial charge is 0.361 e. The molecule has 1 aromatic rings. The molecular weight excluding hydrogens is 180 g/mol. The van der Waals surface area contributed by atoms with Crippen molar-refractivity contribution in [1.82, 2.24) is 4.98 Å². The number of aliphatic imine (C=N–C) groups is 1. The molecule has 0 amide bonds. The van der Waals surface area contributed by atoms with E-state index in [2.05, 4.69) is 22.3 Å². The fraction of sp³-hybridized carbons (Fsp3) is 0.100. The molecule has 3 heteroatoms. The van der Waals surface area contributed by atoms with Crippen LogP contribution in [-0.4, -0.2) is 17.5 Å². The first-order valence-electron chi connectivity index (χ1n) is 4.04. The maximum atomic E-state index is 4.27. The van der Waals surface area contributed by atoms with Gasteiger partial charge < -0.3 is 4.98 Å². The van der Waals surface area contributed by atoms with Crippen LogP contribution < -0.4 is 0 Å². The summed E-state index contributed by atoms with van der Waals surface area (Å²) in [6, 6.07) is 4.05. The van der Waals surface area contributed by atoms with Gasteiger partial charge in [-0.15, -0.1) is 11.8 Å². The number of aromatic amines is 1. The molecule has 1 aliphatic heterocycles. The van der Waals surface area contributed by atoms with E-state index in [1.807, 2.05) is 30.6 Å². The van der Waals surface area contributed by atoms with Crippen molar-refractivity contribution < 1.29 is 0 Å². The highest BCUT2D eigenvalue weighted by Crippen LogP contribution is 2.29. The molecule has 2 heterocycles. The molecule has 0 fully saturated rings. The maximum Gasteiger partial charge on any atom is 0.0786 e. The van der Waals surface area contributed by atoms with Gasteiger partial charge in [0.05, 0.1) is 16.3 Å². The first kappa shape index (κ1) is 8.38. The van der Waals surface area contributed by atoms with E-state index in [1.165, 1.54) is 4.91 Å². The Labute approximate surface area is 81.5 Å². The molecule has 66 valence electrons. The molecule has 0 saturated heterocycles. The molecule has 0 aromatic carbocycles. The van der Waals surface area contributed by atoms with Gasteiger partial charge in [-0.25, -0.2) is 0 Å². The fourth-order valence-corrected chi connectivity index (χ4v) is 1.94. The van der Waals surface area contributed by atoms with Crippen LogP contribution in [0.3, 0.4) is 0 Å². The van der Waals surface area contributed by atoms with Crippen molar-refractivity contribution in [2.24, 2.45) is 4.99 Å². The van der Waals surface area contributed by atoms with Gasteiger partial charge in [-0.05, 0) is 30.5 Å². The van der Waals surface area contributed by atoms with Gasteiger partial charge in [-0.2, -0.15) is 0 Å². The topological polar surface area (TPSA) is 28.1 Å². The molecule has 1 aliphatic rings. The third-order valence-electron chi connectivity index (χ3n) is 1.83. The highest BCUT2D eigenvalue weighted by molar-refractivity contribution is 8.07. The van der Waals surface area contributed by atoms with Crippen molar-refractivity contribution in [2.45, 2.75) is 0 Å². The highest BCUT2D eigenvalue weighted by atomic mass is 32.2. The van der Waals surface area contributed by atoms with Crippen LogP contribution >= 0.6 is 11.8 Å². The highest BCUT2D eigenvalue weighted by Gasteiger charge is 2.07. The van der Waals surface area contributed by atoms with E-state index in [4.69, 9.17) is 0 Å². The van der Waals surface area contributed by atoms with Gasteiger partial charge in [0.25, 0.3) is 0 Å². The summed E-state index contributed by atoms with van der Waals surface area (Å²) in [7, 11) is 0. The smallest absolute Gasteiger partial charge is 0.0786 e. The minimum Gasteiger partial charge on any atom is -0.361 e. The molecule has 0 spiro atoms. The van der Waals surface area contributed by atoms with Gasteiger partial charge in [0, 0.05) is 12.4 Å². The molecule has 0 aliphatic carbocycles. The SMILES string of the molecule is CSC(=C1C=CC=N1)c1ccc[nH]1. The number of hydrogen-bond acceptors (Lipinski definition) is 2. The minimum atomic E-state index is 1.04. The molecule has 0 atom stereocenters. The van der Waals surface area contributed by atoms with Gasteiger partial charge in [0.2, 0.25) is 0 Å². The third kappa shape index (κ3) is 1.60. The van der Waals surface area contributed by atoms with Crippen molar-refractivity contribution in [2.75, 3.05) is 6.26 Å². The first-order chi connectivity index (χ1) is 6.42. The molecule has 2 rings (SSSR count). The summed E-state index contributed by atoms with van der Waals surface area (Å²) < 4.78 is 0. The summed E-state index contributed by atoms with van der Waals surface area (Å²) in [5, 5.41) is 0. The quantitative estimate of drug-likeness (QED) is 0.763.